The first-order valence-corrected chi connectivity index (χ1v) is 6.09. The molecule has 5 nitrogen and oxygen atoms in total. The number of hydrogen-bond donors (Lipinski definition) is 1. The zero-order valence-electron chi connectivity index (χ0n) is 8.82. The van der Waals surface area contributed by atoms with E-state index in [2.05, 4.69) is 31.4 Å². The third kappa shape index (κ3) is 4.13. The maximum atomic E-state index is 11.4. The summed E-state index contributed by atoms with van der Waals surface area (Å²) in [5.74, 6) is -0.0150. The molecule has 0 aliphatic rings. The summed E-state index contributed by atoms with van der Waals surface area (Å²) in [6, 6.07) is 0.159. The van der Waals surface area contributed by atoms with Gasteiger partial charge in [0.15, 0.2) is 3.92 Å². The Bertz CT molecular complexity index is 341. The average Bonchev–Trinajstić information content (AvgIpc) is 2.49. The third-order valence-electron chi connectivity index (χ3n) is 1.55. The molecule has 1 rings (SSSR count). The number of rotatable bonds is 4. The lowest BCUT2D eigenvalue weighted by molar-refractivity contribution is -0.120. The van der Waals surface area contributed by atoms with Crippen molar-refractivity contribution in [3.05, 3.63) is 3.92 Å². The van der Waals surface area contributed by atoms with Gasteiger partial charge < -0.3 is 10.2 Å². The van der Waals surface area contributed by atoms with Crippen LogP contribution in [0.4, 0.5) is 5.13 Å². The summed E-state index contributed by atoms with van der Waals surface area (Å²) < 4.78 is 0.716. The summed E-state index contributed by atoms with van der Waals surface area (Å²) in [5.41, 5.74) is 0. The Balaban J connectivity index is 2.48. The van der Waals surface area contributed by atoms with Crippen LogP contribution in [0.5, 0.6) is 0 Å². The molecular formula is C8H13BrN4OS. The summed E-state index contributed by atoms with van der Waals surface area (Å²) in [6.07, 6.45) is 0. The van der Waals surface area contributed by atoms with Crippen LogP contribution in [0.1, 0.15) is 13.8 Å². The van der Waals surface area contributed by atoms with Crippen molar-refractivity contribution in [2.75, 3.05) is 18.5 Å². The minimum Gasteiger partial charge on any atom is -0.352 e. The smallest absolute Gasteiger partial charge is 0.239 e. The number of likely N-dealkylation sites (N-methyl/N-ethyl adjacent to an activating group) is 1. The van der Waals surface area contributed by atoms with E-state index in [9.17, 15) is 4.79 Å². The fourth-order valence-electron chi connectivity index (χ4n) is 1.00. The van der Waals surface area contributed by atoms with Gasteiger partial charge in [0.2, 0.25) is 11.0 Å². The number of carbonyl (C=O) groups excluding carboxylic acids is 1. The number of anilines is 1. The lowest BCUT2D eigenvalue weighted by Crippen LogP contribution is -2.38. The molecule has 0 saturated carbocycles. The largest absolute Gasteiger partial charge is 0.352 e. The van der Waals surface area contributed by atoms with Crippen molar-refractivity contribution in [1.29, 1.82) is 0 Å². The van der Waals surface area contributed by atoms with Gasteiger partial charge in [0.25, 0.3) is 0 Å². The molecule has 1 N–H and O–H groups in total. The van der Waals surface area contributed by atoms with Gasteiger partial charge >= 0.3 is 0 Å². The molecule has 0 saturated heterocycles. The minimum absolute atomic E-state index is 0.0150. The Labute approximate surface area is 101 Å². The maximum absolute atomic E-state index is 11.4. The zero-order valence-corrected chi connectivity index (χ0v) is 11.2. The van der Waals surface area contributed by atoms with Crippen LogP contribution in [0.3, 0.4) is 0 Å². The second kappa shape index (κ2) is 5.41. The molecule has 0 aliphatic heterocycles. The number of halogens is 1. The quantitative estimate of drug-likeness (QED) is 0.908. The second-order valence-corrected chi connectivity index (χ2v) is 5.65. The van der Waals surface area contributed by atoms with Crippen LogP contribution < -0.4 is 10.2 Å². The average molecular weight is 293 g/mol. The standard InChI is InChI=1S/C8H13BrN4OS/c1-5(2)10-6(14)4-13(3)8-12-11-7(9)15-8/h5H,4H2,1-3H3,(H,10,14). The molecule has 1 aromatic heterocycles. The molecule has 0 atom stereocenters. The van der Waals surface area contributed by atoms with Crippen molar-refractivity contribution in [1.82, 2.24) is 15.5 Å². The molecule has 15 heavy (non-hydrogen) atoms. The van der Waals surface area contributed by atoms with E-state index in [0.717, 1.165) is 5.13 Å². The van der Waals surface area contributed by atoms with Crippen LogP contribution in [-0.4, -0.2) is 35.7 Å². The third-order valence-corrected chi connectivity index (χ3v) is 3.02. The van der Waals surface area contributed by atoms with Crippen LogP contribution in [-0.2, 0) is 4.79 Å². The lowest BCUT2D eigenvalue weighted by Gasteiger charge is -2.15. The van der Waals surface area contributed by atoms with Crippen LogP contribution in [0.2, 0.25) is 0 Å². The van der Waals surface area contributed by atoms with E-state index in [0.29, 0.717) is 10.5 Å². The molecule has 7 heteroatoms. The van der Waals surface area contributed by atoms with Gasteiger partial charge in [-0.3, -0.25) is 4.79 Å². The highest BCUT2D eigenvalue weighted by atomic mass is 79.9. The van der Waals surface area contributed by atoms with Crippen molar-refractivity contribution >= 4 is 38.3 Å². The van der Waals surface area contributed by atoms with E-state index < -0.39 is 0 Å². The molecule has 0 fully saturated rings. The van der Waals surface area contributed by atoms with Gasteiger partial charge in [-0.1, -0.05) is 11.3 Å². The number of amides is 1. The van der Waals surface area contributed by atoms with Crippen LogP contribution in [0, 0.1) is 0 Å². The highest BCUT2D eigenvalue weighted by molar-refractivity contribution is 9.11. The Morgan fingerprint density at radius 3 is 2.73 bits per heavy atom. The highest BCUT2D eigenvalue weighted by Crippen LogP contribution is 2.22. The number of nitrogens with one attached hydrogen (secondary N) is 1. The fraction of sp³-hybridized carbons (Fsp3) is 0.625. The molecule has 0 aromatic carbocycles. The number of hydrogen-bond acceptors (Lipinski definition) is 5. The van der Waals surface area contributed by atoms with E-state index in [1.165, 1.54) is 11.3 Å². The Morgan fingerprint density at radius 2 is 2.27 bits per heavy atom. The van der Waals surface area contributed by atoms with E-state index in [1.807, 2.05) is 20.9 Å². The van der Waals surface area contributed by atoms with Crippen molar-refractivity contribution in [3.8, 4) is 0 Å². The minimum atomic E-state index is -0.0150. The van der Waals surface area contributed by atoms with Gasteiger partial charge in [-0.25, -0.2) is 0 Å². The predicted molar refractivity (Wildman–Crippen MR) is 64.2 cm³/mol. The summed E-state index contributed by atoms with van der Waals surface area (Å²) in [7, 11) is 1.81. The first-order valence-electron chi connectivity index (χ1n) is 4.48. The SMILES string of the molecule is CC(C)NC(=O)CN(C)c1nnc(Br)s1. The molecule has 0 radical (unpaired) electrons. The Hall–Kier alpha value is -0.690. The molecule has 1 amide bonds. The van der Waals surface area contributed by atoms with Crippen LogP contribution in [0.25, 0.3) is 0 Å². The van der Waals surface area contributed by atoms with E-state index in [1.54, 1.807) is 4.90 Å². The van der Waals surface area contributed by atoms with Crippen molar-refractivity contribution in [3.63, 3.8) is 0 Å². The fourth-order valence-corrected chi connectivity index (χ4v) is 2.05. The summed E-state index contributed by atoms with van der Waals surface area (Å²) in [4.78, 5) is 13.2. The lowest BCUT2D eigenvalue weighted by atomic mass is 10.4. The van der Waals surface area contributed by atoms with E-state index in [-0.39, 0.29) is 11.9 Å². The Kier molecular flexibility index (Phi) is 4.46. The van der Waals surface area contributed by atoms with Gasteiger partial charge in [0.05, 0.1) is 6.54 Å². The van der Waals surface area contributed by atoms with Gasteiger partial charge in [-0.2, -0.15) is 0 Å². The topological polar surface area (TPSA) is 58.1 Å². The second-order valence-electron chi connectivity index (χ2n) is 3.42. The van der Waals surface area contributed by atoms with Crippen molar-refractivity contribution in [2.24, 2.45) is 0 Å². The maximum Gasteiger partial charge on any atom is 0.239 e. The number of nitrogens with zero attached hydrogens (tertiary/aromatic N) is 3. The molecule has 0 spiro atoms. The number of aromatic nitrogens is 2. The molecule has 0 aliphatic carbocycles. The molecule has 0 unspecified atom stereocenters. The summed E-state index contributed by atoms with van der Waals surface area (Å²) >= 11 is 4.62. The summed E-state index contributed by atoms with van der Waals surface area (Å²) in [5, 5.41) is 11.3. The molecular weight excluding hydrogens is 280 g/mol. The first-order chi connectivity index (χ1) is 6.99. The molecule has 1 heterocycles. The van der Waals surface area contributed by atoms with Gasteiger partial charge in [-0.05, 0) is 29.8 Å². The van der Waals surface area contributed by atoms with Crippen molar-refractivity contribution in [2.45, 2.75) is 19.9 Å². The predicted octanol–water partition coefficient (Wildman–Crippen LogP) is 1.26. The molecule has 84 valence electrons. The van der Waals surface area contributed by atoms with Gasteiger partial charge in [0, 0.05) is 13.1 Å². The normalized spacial score (nSPS) is 10.5. The van der Waals surface area contributed by atoms with Crippen LogP contribution in [0.15, 0.2) is 3.92 Å². The van der Waals surface area contributed by atoms with E-state index >= 15 is 0 Å². The first kappa shape index (κ1) is 12.4. The Morgan fingerprint density at radius 1 is 1.60 bits per heavy atom. The van der Waals surface area contributed by atoms with E-state index in [4.69, 9.17) is 0 Å². The summed E-state index contributed by atoms with van der Waals surface area (Å²) in [6.45, 7) is 4.15. The molecule has 0 bridgehead atoms. The van der Waals surface area contributed by atoms with Gasteiger partial charge in [-0.15, -0.1) is 10.2 Å². The number of carbonyl (C=O) groups is 1. The molecule has 1 aromatic rings. The van der Waals surface area contributed by atoms with Crippen LogP contribution >= 0.6 is 27.3 Å². The zero-order chi connectivity index (χ0) is 11.4. The monoisotopic (exact) mass is 292 g/mol. The van der Waals surface area contributed by atoms with Gasteiger partial charge in [0.1, 0.15) is 0 Å². The highest BCUT2D eigenvalue weighted by Gasteiger charge is 2.11. The van der Waals surface area contributed by atoms with Crippen molar-refractivity contribution < 1.29 is 4.79 Å².